The third-order valence-corrected chi connectivity index (χ3v) is 2.50. The Morgan fingerprint density at radius 1 is 1.22 bits per heavy atom. The van der Waals surface area contributed by atoms with Gasteiger partial charge in [0.2, 0.25) is 5.91 Å². The number of carbonyl (C=O) groups excluding carboxylic acids is 1. The van der Waals surface area contributed by atoms with Crippen LogP contribution >= 0.6 is 0 Å². The maximum absolute atomic E-state index is 11.7. The summed E-state index contributed by atoms with van der Waals surface area (Å²) in [7, 11) is 6.74. The van der Waals surface area contributed by atoms with Crippen LogP contribution in [0.15, 0.2) is 12.1 Å². The fourth-order valence-corrected chi connectivity index (χ4v) is 1.71. The van der Waals surface area contributed by atoms with Crippen molar-refractivity contribution in [1.82, 2.24) is 10.4 Å². The van der Waals surface area contributed by atoms with Gasteiger partial charge in [-0.2, -0.15) is 0 Å². The smallest absolute Gasteiger partial charge is 0.238 e. The molecule has 5 nitrogen and oxygen atoms in total. The summed E-state index contributed by atoms with van der Waals surface area (Å²) < 4.78 is 10.5. The number of hydrogen-bond acceptors (Lipinski definition) is 4. The van der Waals surface area contributed by atoms with Crippen LogP contribution in [0.3, 0.4) is 0 Å². The van der Waals surface area contributed by atoms with Crippen molar-refractivity contribution in [2.24, 2.45) is 0 Å². The van der Waals surface area contributed by atoms with Gasteiger partial charge in [0, 0.05) is 19.7 Å². The number of ether oxygens (including phenoxy) is 2. The summed E-state index contributed by atoms with van der Waals surface area (Å²) in [6.45, 7) is 1.94. The number of aryl methyl sites for hydroxylation is 1. The lowest BCUT2D eigenvalue weighted by molar-refractivity contribution is -0.124. The minimum atomic E-state index is -0.0933. The maximum Gasteiger partial charge on any atom is 0.238 e. The molecule has 18 heavy (non-hydrogen) atoms. The van der Waals surface area contributed by atoms with Crippen LogP contribution in [0, 0.1) is 6.92 Å². The van der Waals surface area contributed by atoms with E-state index in [0.29, 0.717) is 5.75 Å². The molecule has 0 aliphatic heterocycles. The largest absolute Gasteiger partial charge is 0.496 e. The molecule has 0 heterocycles. The molecule has 1 aromatic rings. The molecule has 0 atom stereocenters. The normalized spacial score (nSPS) is 10.3. The van der Waals surface area contributed by atoms with Crippen molar-refractivity contribution in [2.75, 3.05) is 28.3 Å². The van der Waals surface area contributed by atoms with Crippen LogP contribution in [-0.4, -0.2) is 39.2 Å². The first-order valence-electron chi connectivity index (χ1n) is 5.66. The minimum absolute atomic E-state index is 0.0933. The van der Waals surface area contributed by atoms with Crippen molar-refractivity contribution in [1.29, 1.82) is 0 Å². The number of methoxy groups -OCH3 is 2. The van der Waals surface area contributed by atoms with E-state index < -0.39 is 0 Å². The highest BCUT2D eigenvalue weighted by Crippen LogP contribution is 2.28. The first kappa shape index (κ1) is 14.3. The van der Waals surface area contributed by atoms with Crippen LogP contribution in [0.5, 0.6) is 11.5 Å². The van der Waals surface area contributed by atoms with Gasteiger partial charge in [-0.15, -0.1) is 0 Å². The summed E-state index contributed by atoms with van der Waals surface area (Å²) in [6, 6.07) is 3.71. The third kappa shape index (κ3) is 3.63. The van der Waals surface area contributed by atoms with Crippen molar-refractivity contribution < 1.29 is 14.3 Å². The number of benzene rings is 1. The highest BCUT2D eigenvalue weighted by molar-refractivity contribution is 5.79. The van der Waals surface area contributed by atoms with E-state index in [-0.39, 0.29) is 12.3 Å². The highest BCUT2D eigenvalue weighted by atomic mass is 16.5. The molecular formula is C13H20N2O3. The molecule has 0 radical (unpaired) electrons. The number of nitrogens with zero attached hydrogens (tertiary/aromatic N) is 1. The molecule has 1 amide bonds. The van der Waals surface area contributed by atoms with Gasteiger partial charge < -0.3 is 9.47 Å². The Kier molecular flexibility index (Phi) is 4.97. The molecule has 100 valence electrons. The van der Waals surface area contributed by atoms with Gasteiger partial charge in [-0.3, -0.25) is 10.2 Å². The second-order valence-electron chi connectivity index (χ2n) is 4.24. The van der Waals surface area contributed by atoms with E-state index in [0.717, 1.165) is 16.9 Å². The van der Waals surface area contributed by atoms with Gasteiger partial charge in [-0.05, 0) is 24.6 Å². The molecule has 1 aromatic carbocycles. The summed E-state index contributed by atoms with van der Waals surface area (Å²) >= 11 is 0. The molecule has 0 saturated heterocycles. The monoisotopic (exact) mass is 252 g/mol. The summed E-state index contributed by atoms with van der Waals surface area (Å²) in [5.41, 5.74) is 4.48. The summed E-state index contributed by atoms with van der Waals surface area (Å²) in [5.74, 6) is 1.36. The molecule has 0 aliphatic carbocycles. The van der Waals surface area contributed by atoms with E-state index in [9.17, 15) is 4.79 Å². The summed E-state index contributed by atoms with van der Waals surface area (Å²) in [4.78, 5) is 11.7. The molecule has 0 spiro atoms. The Hall–Kier alpha value is -1.75. The summed E-state index contributed by atoms with van der Waals surface area (Å²) in [5, 5.41) is 1.61. The molecule has 0 aromatic heterocycles. The van der Waals surface area contributed by atoms with E-state index in [4.69, 9.17) is 9.47 Å². The van der Waals surface area contributed by atoms with Crippen molar-refractivity contribution in [3.63, 3.8) is 0 Å². The van der Waals surface area contributed by atoms with E-state index in [2.05, 4.69) is 5.43 Å². The molecule has 0 bridgehead atoms. The van der Waals surface area contributed by atoms with Gasteiger partial charge in [0.25, 0.3) is 0 Å². The first-order chi connectivity index (χ1) is 8.47. The van der Waals surface area contributed by atoms with Crippen molar-refractivity contribution >= 4 is 5.91 Å². The number of rotatable bonds is 5. The lowest BCUT2D eigenvalue weighted by Crippen LogP contribution is -2.37. The number of carbonyl (C=O) groups is 1. The zero-order valence-electron chi connectivity index (χ0n) is 11.5. The predicted molar refractivity (Wildman–Crippen MR) is 69.8 cm³/mol. The van der Waals surface area contributed by atoms with Gasteiger partial charge in [0.15, 0.2) is 0 Å². The van der Waals surface area contributed by atoms with Crippen LogP contribution < -0.4 is 14.9 Å². The standard InChI is InChI=1S/C13H20N2O3/c1-9-6-12(18-5)10(7-11(9)17-4)8-13(16)14-15(2)3/h6-7H,8H2,1-5H3,(H,14,16). The Balaban J connectivity index is 2.96. The zero-order valence-corrected chi connectivity index (χ0v) is 11.5. The van der Waals surface area contributed by atoms with Gasteiger partial charge in [-0.1, -0.05) is 0 Å². The van der Waals surface area contributed by atoms with E-state index in [1.54, 1.807) is 33.3 Å². The molecular weight excluding hydrogens is 232 g/mol. The van der Waals surface area contributed by atoms with Crippen LogP contribution in [0.25, 0.3) is 0 Å². The van der Waals surface area contributed by atoms with E-state index in [1.807, 2.05) is 19.1 Å². The lowest BCUT2D eigenvalue weighted by Gasteiger charge is -2.15. The van der Waals surface area contributed by atoms with Gasteiger partial charge in [-0.25, -0.2) is 5.01 Å². The second-order valence-corrected chi connectivity index (χ2v) is 4.24. The van der Waals surface area contributed by atoms with Crippen LogP contribution in [0.1, 0.15) is 11.1 Å². The fourth-order valence-electron chi connectivity index (χ4n) is 1.71. The van der Waals surface area contributed by atoms with Gasteiger partial charge >= 0.3 is 0 Å². The Morgan fingerprint density at radius 3 is 2.33 bits per heavy atom. The lowest BCUT2D eigenvalue weighted by atomic mass is 10.1. The number of amides is 1. The highest BCUT2D eigenvalue weighted by Gasteiger charge is 2.12. The molecule has 1 rings (SSSR count). The van der Waals surface area contributed by atoms with Crippen LogP contribution in [0.2, 0.25) is 0 Å². The molecule has 0 aliphatic rings. The van der Waals surface area contributed by atoms with E-state index in [1.165, 1.54) is 0 Å². The Bertz CT molecular complexity index is 430. The number of hydrogen-bond donors (Lipinski definition) is 1. The first-order valence-corrected chi connectivity index (χ1v) is 5.66. The average Bonchev–Trinajstić information content (AvgIpc) is 2.29. The quantitative estimate of drug-likeness (QED) is 0.799. The van der Waals surface area contributed by atoms with Gasteiger partial charge in [0.05, 0.1) is 20.6 Å². The third-order valence-electron chi connectivity index (χ3n) is 2.50. The van der Waals surface area contributed by atoms with Crippen molar-refractivity contribution in [3.05, 3.63) is 23.3 Å². The molecule has 1 N–H and O–H groups in total. The SMILES string of the molecule is COc1cc(CC(=O)NN(C)C)c(OC)cc1C. The second kappa shape index (κ2) is 6.26. The van der Waals surface area contributed by atoms with Crippen LogP contribution in [0.4, 0.5) is 0 Å². The molecule has 0 saturated carbocycles. The van der Waals surface area contributed by atoms with Crippen LogP contribution in [-0.2, 0) is 11.2 Å². The minimum Gasteiger partial charge on any atom is -0.496 e. The Labute approximate surface area is 108 Å². The van der Waals surface area contributed by atoms with E-state index >= 15 is 0 Å². The zero-order chi connectivity index (χ0) is 13.7. The average molecular weight is 252 g/mol. The van der Waals surface area contributed by atoms with Crippen molar-refractivity contribution in [2.45, 2.75) is 13.3 Å². The fraction of sp³-hybridized carbons (Fsp3) is 0.462. The maximum atomic E-state index is 11.7. The van der Waals surface area contributed by atoms with Crippen molar-refractivity contribution in [3.8, 4) is 11.5 Å². The predicted octanol–water partition coefficient (Wildman–Crippen LogP) is 1.15. The molecule has 0 unspecified atom stereocenters. The molecule has 5 heteroatoms. The topological polar surface area (TPSA) is 50.8 Å². The molecule has 0 fully saturated rings. The Morgan fingerprint density at radius 2 is 1.83 bits per heavy atom. The summed E-state index contributed by atoms with van der Waals surface area (Å²) in [6.07, 6.45) is 0.248. The van der Waals surface area contributed by atoms with Gasteiger partial charge in [0.1, 0.15) is 11.5 Å². The number of nitrogens with one attached hydrogen (secondary N) is 1. The number of hydrazine groups is 1.